The zero-order chi connectivity index (χ0) is 21.6. The van der Waals surface area contributed by atoms with E-state index in [1.165, 1.54) is 0 Å². The van der Waals surface area contributed by atoms with E-state index in [0.29, 0.717) is 17.5 Å². The van der Waals surface area contributed by atoms with E-state index in [-0.39, 0.29) is 0 Å². The summed E-state index contributed by atoms with van der Waals surface area (Å²) in [7, 11) is 3.82. The number of hydrogen-bond acceptors (Lipinski definition) is 5. The minimum atomic E-state index is 0.513. The summed E-state index contributed by atoms with van der Waals surface area (Å²) in [5.41, 5.74) is 3.97. The minimum absolute atomic E-state index is 0.513. The van der Waals surface area contributed by atoms with Crippen LogP contribution >= 0.6 is 0 Å². The highest BCUT2D eigenvalue weighted by atomic mass is 15.0. The molecular weight excluding hydrogens is 360 g/mol. The minimum Gasteiger partial charge on any atom is -0.389 e. The van der Waals surface area contributed by atoms with Gasteiger partial charge in [-0.05, 0) is 57.8 Å². The summed E-state index contributed by atoms with van der Waals surface area (Å²) in [4.78, 5) is 13.6. The number of rotatable bonds is 12. The maximum Gasteiger partial charge on any atom is 0.154 e. The molecule has 1 aromatic rings. The van der Waals surface area contributed by atoms with Gasteiger partial charge in [-0.15, -0.1) is 0 Å². The van der Waals surface area contributed by atoms with Crippen LogP contribution in [0.5, 0.6) is 0 Å². The van der Waals surface area contributed by atoms with E-state index in [2.05, 4.69) is 46.0 Å². The summed E-state index contributed by atoms with van der Waals surface area (Å²) in [5, 5.41) is 9.67. The Balaban J connectivity index is 3.04. The van der Waals surface area contributed by atoms with Crippen LogP contribution in [0.15, 0.2) is 65.7 Å². The quantitative estimate of drug-likeness (QED) is 0.218. The lowest BCUT2D eigenvalue weighted by molar-refractivity contribution is 0.494. The highest BCUT2D eigenvalue weighted by Gasteiger charge is 2.12. The van der Waals surface area contributed by atoms with Crippen LogP contribution in [-0.4, -0.2) is 43.0 Å². The number of nitrogens with one attached hydrogen (secondary N) is 3. The molecule has 1 atom stereocenters. The second-order valence-electron chi connectivity index (χ2n) is 6.98. The monoisotopic (exact) mass is 396 g/mol. The van der Waals surface area contributed by atoms with Crippen LogP contribution in [0.3, 0.4) is 0 Å². The van der Waals surface area contributed by atoms with E-state index in [1.807, 2.05) is 46.2 Å². The van der Waals surface area contributed by atoms with E-state index in [1.54, 1.807) is 12.4 Å². The predicted octanol–water partition coefficient (Wildman–Crippen LogP) is 3.51. The number of allylic oxidation sites excluding steroid dienone is 3. The molecule has 0 saturated carbocycles. The van der Waals surface area contributed by atoms with Gasteiger partial charge in [0.2, 0.25) is 0 Å². The topological polar surface area (TPSA) is 74.2 Å². The molecule has 158 valence electrons. The van der Waals surface area contributed by atoms with Crippen LogP contribution in [0.4, 0.5) is 0 Å². The fourth-order valence-corrected chi connectivity index (χ4v) is 2.65. The number of likely N-dealkylation sites (N-methyl/N-ethyl adjacent to an activating group) is 1. The van der Waals surface area contributed by atoms with Crippen molar-refractivity contribution in [2.75, 3.05) is 27.2 Å². The molecule has 0 saturated heterocycles. The molecule has 0 radical (unpaired) electrons. The zero-order valence-corrected chi connectivity index (χ0v) is 18.5. The summed E-state index contributed by atoms with van der Waals surface area (Å²) in [6.45, 7) is 16.0. The lowest BCUT2D eigenvalue weighted by atomic mass is 10.1. The predicted molar refractivity (Wildman–Crippen MR) is 124 cm³/mol. The Morgan fingerprint density at radius 3 is 2.55 bits per heavy atom. The molecule has 0 aliphatic rings. The van der Waals surface area contributed by atoms with E-state index >= 15 is 0 Å². The van der Waals surface area contributed by atoms with E-state index in [0.717, 1.165) is 48.6 Å². The van der Waals surface area contributed by atoms with E-state index < -0.39 is 0 Å². The highest BCUT2D eigenvalue weighted by molar-refractivity contribution is 5.98. The van der Waals surface area contributed by atoms with Crippen molar-refractivity contribution >= 4 is 5.84 Å². The van der Waals surface area contributed by atoms with Gasteiger partial charge in [-0.3, -0.25) is 4.98 Å². The first kappa shape index (κ1) is 24.3. The molecule has 1 unspecified atom stereocenters. The third-order valence-corrected chi connectivity index (χ3v) is 4.52. The van der Waals surface area contributed by atoms with Gasteiger partial charge in [-0.25, -0.2) is 9.98 Å². The van der Waals surface area contributed by atoms with Crippen molar-refractivity contribution in [3.05, 3.63) is 72.1 Å². The van der Waals surface area contributed by atoms with Crippen LogP contribution < -0.4 is 16.0 Å². The Labute approximate surface area is 176 Å². The van der Waals surface area contributed by atoms with Gasteiger partial charge in [-0.2, -0.15) is 0 Å². The molecule has 29 heavy (non-hydrogen) atoms. The molecule has 1 rings (SSSR count). The summed E-state index contributed by atoms with van der Waals surface area (Å²) in [6.07, 6.45) is 11.5. The Hall–Kier alpha value is -2.73. The highest BCUT2D eigenvalue weighted by Crippen LogP contribution is 2.14. The van der Waals surface area contributed by atoms with Crippen molar-refractivity contribution in [2.24, 2.45) is 10.9 Å². The van der Waals surface area contributed by atoms with Gasteiger partial charge >= 0.3 is 0 Å². The average Bonchev–Trinajstić information content (AvgIpc) is 2.72. The molecule has 0 amide bonds. The van der Waals surface area contributed by atoms with E-state index in [9.17, 15) is 0 Å². The van der Waals surface area contributed by atoms with Crippen molar-refractivity contribution in [3.8, 4) is 0 Å². The number of aliphatic imine (C=N–C) groups is 1. The first-order valence-corrected chi connectivity index (χ1v) is 10.1. The second kappa shape index (κ2) is 13.4. The van der Waals surface area contributed by atoms with Gasteiger partial charge in [0.15, 0.2) is 5.84 Å². The van der Waals surface area contributed by atoms with Gasteiger partial charge in [0.1, 0.15) is 5.69 Å². The molecule has 0 aromatic carbocycles. The lowest BCUT2D eigenvalue weighted by Crippen LogP contribution is -2.31. The van der Waals surface area contributed by atoms with Crippen LogP contribution in [0, 0.1) is 12.8 Å². The Kier molecular flexibility index (Phi) is 11.3. The third-order valence-electron chi connectivity index (χ3n) is 4.52. The molecule has 0 bridgehead atoms. The molecule has 6 heteroatoms. The molecule has 0 aliphatic heterocycles. The van der Waals surface area contributed by atoms with Crippen LogP contribution in [-0.2, 0) is 0 Å². The van der Waals surface area contributed by atoms with Crippen molar-refractivity contribution < 1.29 is 0 Å². The van der Waals surface area contributed by atoms with Crippen LogP contribution in [0.1, 0.15) is 38.1 Å². The number of aryl methyl sites for hydroxylation is 1. The van der Waals surface area contributed by atoms with E-state index in [4.69, 9.17) is 4.99 Å². The Morgan fingerprint density at radius 1 is 1.21 bits per heavy atom. The third kappa shape index (κ3) is 8.87. The molecule has 1 aromatic heterocycles. The maximum absolute atomic E-state index is 4.78. The van der Waals surface area contributed by atoms with Gasteiger partial charge < -0.3 is 16.0 Å². The molecular formula is C23H36N6. The first-order chi connectivity index (χ1) is 13.9. The zero-order valence-electron chi connectivity index (χ0n) is 18.5. The van der Waals surface area contributed by atoms with Crippen molar-refractivity contribution in [3.63, 3.8) is 0 Å². The standard InChI is InChI=1S/C23H36N6/c1-8-21(12-11-18(3)25-7)19(4)29-23(22-20(5)26-14-15-27-22)28-16-17(2)10-9-13-24-6/h8,11-12,14-15,17,24-25H,3-4,9-10,13,16H2,1-2,5-7H3,(H,28,29)/b12-11-,21-8+. The lowest BCUT2D eigenvalue weighted by Gasteiger charge is -2.16. The fourth-order valence-electron chi connectivity index (χ4n) is 2.65. The van der Waals surface area contributed by atoms with Crippen molar-refractivity contribution in [1.29, 1.82) is 0 Å². The Bertz CT molecular complexity index is 760. The second-order valence-corrected chi connectivity index (χ2v) is 6.98. The first-order valence-electron chi connectivity index (χ1n) is 10.1. The smallest absolute Gasteiger partial charge is 0.154 e. The summed E-state index contributed by atoms with van der Waals surface area (Å²) >= 11 is 0. The largest absolute Gasteiger partial charge is 0.389 e. The molecule has 1 heterocycles. The molecule has 0 spiro atoms. The molecule has 0 aliphatic carbocycles. The summed E-state index contributed by atoms with van der Waals surface area (Å²) in [5.74, 6) is 1.21. The van der Waals surface area contributed by atoms with Gasteiger partial charge in [0, 0.05) is 31.7 Å². The van der Waals surface area contributed by atoms with Crippen molar-refractivity contribution in [2.45, 2.75) is 33.6 Å². The van der Waals surface area contributed by atoms with Crippen molar-refractivity contribution in [1.82, 2.24) is 25.9 Å². The summed E-state index contributed by atoms with van der Waals surface area (Å²) in [6, 6.07) is 0. The number of nitrogens with zero attached hydrogens (tertiary/aromatic N) is 3. The molecule has 6 nitrogen and oxygen atoms in total. The number of amidine groups is 1. The average molecular weight is 397 g/mol. The Morgan fingerprint density at radius 2 is 1.93 bits per heavy atom. The maximum atomic E-state index is 4.78. The fraction of sp³-hybridized carbons (Fsp3) is 0.435. The SMILES string of the molecule is C=C(/C=C\C(=C/C)C(=C)/N=C(/NCC(C)CCCNC)c1nccnc1C)NC. The normalized spacial score (nSPS) is 13.4. The molecule has 0 fully saturated rings. The van der Waals surface area contributed by atoms with Gasteiger partial charge in [0.25, 0.3) is 0 Å². The number of aromatic nitrogens is 2. The van der Waals surface area contributed by atoms with Crippen LogP contribution in [0.25, 0.3) is 0 Å². The summed E-state index contributed by atoms with van der Waals surface area (Å²) < 4.78 is 0. The molecule has 3 N–H and O–H groups in total. The number of hydrogen-bond donors (Lipinski definition) is 3. The van der Waals surface area contributed by atoms with Gasteiger partial charge in [-0.1, -0.05) is 32.2 Å². The van der Waals surface area contributed by atoms with Gasteiger partial charge in [0.05, 0.1) is 11.4 Å². The van der Waals surface area contributed by atoms with Crippen LogP contribution in [0.2, 0.25) is 0 Å².